The van der Waals surface area contributed by atoms with Crippen LogP contribution < -0.4 is 0 Å². The molecule has 2 aromatic heterocycles. The van der Waals surface area contributed by atoms with Gasteiger partial charge in [-0.1, -0.05) is 12.1 Å². The van der Waals surface area contributed by atoms with Crippen molar-refractivity contribution < 1.29 is 14.6 Å². The first-order valence-electron chi connectivity index (χ1n) is 12.5. The van der Waals surface area contributed by atoms with Crippen LogP contribution in [0.4, 0.5) is 0 Å². The summed E-state index contributed by atoms with van der Waals surface area (Å²) >= 11 is 1.89. The summed E-state index contributed by atoms with van der Waals surface area (Å²) in [5.74, 6) is 0.590. The van der Waals surface area contributed by atoms with Gasteiger partial charge in [-0.15, -0.1) is 16.4 Å². The second kappa shape index (κ2) is 11.4. The summed E-state index contributed by atoms with van der Waals surface area (Å²) in [5, 5.41) is 18.5. The van der Waals surface area contributed by atoms with E-state index in [1.807, 2.05) is 16.0 Å². The average molecular weight is 477 g/mol. The van der Waals surface area contributed by atoms with Crippen molar-refractivity contribution in [2.45, 2.75) is 77.4 Å². The average Bonchev–Trinajstić information content (AvgIpc) is 3.43. The molecular formula is C25H40N4O3S. The summed E-state index contributed by atoms with van der Waals surface area (Å²) in [6.45, 7) is 9.86. The lowest BCUT2D eigenvalue weighted by atomic mass is 9.81. The lowest BCUT2D eigenvalue weighted by Crippen LogP contribution is -2.39. The van der Waals surface area contributed by atoms with Crippen molar-refractivity contribution in [2.24, 2.45) is 5.41 Å². The van der Waals surface area contributed by atoms with E-state index in [0.717, 1.165) is 83.7 Å². The Kier molecular flexibility index (Phi) is 8.57. The lowest BCUT2D eigenvalue weighted by Gasteiger charge is -2.37. The van der Waals surface area contributed by atoms with Gasteiger partial charge in [-0.2, -0.15) is 0 Å². The van der Waals surface area contributed by atoms with E-state index < -0.39 is 0 Å². The standard InChI is InChI=1S/C25H40N4O3S/c1-4-22-14-23(24(33-22)6-10-30)20-5-9-28(19(2)13-20)15-21-16-29(27-26-21)17-25(18-31-3)7-11-32-12-8-25/h14,16,19-20,30H,4-13,15,17-18H2,1-3H3/t19-,20?/m0/s1. The minimum absolute atomic E-state index is 0.0910. The SMILES string of the molecule is CCc1cc(C2CCN(Cc3cn(CC4(COC)CCOCC4)nn3)[C@@H](C)C2)c(CCO)s1. The summed E-state index contributed by atoms with van der Waals surface area (Å²) in [5.41, 5.74) is 2.63. The van der Waals surface area contributed by atoms with Crippen LogP contribution in [0.25, 0.3) is 0 Å². The number of nitrogens with zero attached hydrogens (tertiary/aromatic N) is 4. The van der Waals surface area contributed by atoms with Gasteiger partial charge in [0.1, 0.15) is 0 Å². The van der Waals surface area contributed by atoms with Crippen molar-refractivity contribution in [3.8, 4) is 0 Å². The number of methoxy groups -OCH3 is 1. The molecule has 4 heterocycles. The smallest absolute Gasteiger partial charge is 0.0967 e. The first kappa shape index (κ1) is 24.8. The quantitative estimate of drug-likeness (QED) is 0.564. The molecule has 0 spiro atoms. The zero-order chi connectivity index (χ0) is 23.3. The molecular weight excluding hydrogens is 436 g/mol. The molecule has 0 amide bonds. The molecule has 1 N–H and O–H groups in total. The number of hydrogen-bond acceptors (Lipinski definition) is 7. The van der Waals surface area contributed by atoms with Crippen LogP contribution in [0.5, 0.6) is 0 Å². The van der Waals surface area contributed by atoms with Crippen LogP contribution in [0.3, 0.4) is 0 Å². The van der Waals surface area contributed by atoms with Crippen LogP contribution in [0.15, 0.2) is 12.3 Å². The Labute approximate surface area is 202 Å². The third-order valence-electron chi connectivity index (χ3n) is 7.49. The van der Waals surface area contributed by atoms with E-state index in [9.17, 15) is 5.11 Å². The van der Waals surface area contributed by atoms with Gasteiger partial charge in [0.25, 0.3) is 0 Å². The Balaban J connectivity index is 1.36. The van der Waals surface area contributed by atoms with Crippen molar-refractivity contribution in [3.63, 3.8) is 0 Å². The number of ether oxygens (including phenoxy) is 2. The molecule has 184 valence electrons. The third kappa shape index (κ3) is 6.03. The summed E-state index contributed by atoms with van der Waals surface area (Å²) in [7, 11) is 1.78. The van der Waals surface area contributed by atoms with Crippen LogP contribution >= 0.6 is 11.3 Å². The maximum absolute atomic E-state index is 9.50. The summed E-state index contributed by atoms with van der Waals surface area (Å²) in [6, 6.07) is 2.90. The van der Waals surface area contributed by atoms with Crippen molar-refractivity contribution in [1.82, 2.24) is 19.9 Å². The molecule has 33 heavy (non-hydrogen) atoms. The number of hydrogen-bond donors (Lipinski definition) is 1. The van der Waals surface area contributed by atoms with Crippen molar-refractivity contribution >= 4 is 11.3 Å². The van der Waals surface area contributed by atoms with Gasteiger partial charge in [0, 0.05) is 67.3 Å². The Morgan fingerprint density at radius 2 is 2.15 bits per heavy atom. The fourth-order valence-electron chi connectivity index (χ4n) is 5.55. The van der Waals surface area contributed by atoms with Crippen molar-refractivity contribution in [1.29, 1.82) is 0 Å². The summed E-state index contributed by atoms with van der Waals surface area (Å²) < 4.78 is 13.1. The van der Waals surface area contributed by atoms with Crippen molar-refractivity contribution in [3.05, 3.63) is 33.3 Å². The molecule has 7 nitrogen and oxygen atoms in total. The summed E-state index contributed by atoms with van der Waals surface area (Å²) in [4.78, 5) is 5.38. The second-order valence-electron chi connectivity index (χ2n) is 9.91. The minimum atomic E-state index is 0.0910. The third-order valence-corrected chi connectivity index (χ3v) is 8.84. The maximum Gasteiger partial charge on any atom is 0.0967 e. The Morgan fingerprint density at radius 3 is 2.85 bits per heavy atom. The number of thiophene rings is 1. The van der Waals surface area contributed by atoms with Gasteiger partial charge in [-0.3, -0.25) is 9.58 Å². The van der Waals surface area contributed by atoms with Crippen LogP contribution in [-0.2, 0) is 35.4 Å². The van der Waals surface area contributed by atoms with E-state index in [4.69, 9.17) is 9.47 Å². The molecule has 2 fully saturated rings. The highest BCUT2D eigenvalue weighted by atomic mass is 32.1. The first-order chi connectivity index (χ1) is 16.1. The zero-order valence-electron chi connectivity index (χ0n) is 20.5. The minimum Gasteiger partial charge on any atom is -0.396 e. The highest BCUT2D eigenvalue weighted by Crippen LogP contribution is 2.38. The molecule has 2 saturated heterocycles. The van der Waals surface area contributed by atoms with Gasteiger partial charge in [0.05, 0.1) is 18.8 Å². The Bertz CT molecular complexity index is 871. The molecule has 0 radical (unpaired) electrons. The lowest BCUT2D eigenvalue weighted by molar-refractivity contribution is -0.0385. The molecule has 0 bridgehead atoms. The topological polar surface area (TPSA) is 72.6 Å². The van der Waals surface area contributed by atoms with Gasteiger partial charge in [0.2, 0.25) is 0 Å². The number of piperidine rings is 1. The zero-order valence-corrected chi connectivity index (χ0v) is 21.3. The van der Waals surface area contributed by atoms with E-state index >= 15 is 0 Å². The number of rotatable bonds is 10. The molecule has 4 rings (SSSR count). The monoisotopic (exact) mass is 476 g/mol. The first-order valence-corrected chi connectivity index (χ1v) is 13.3. The molecule has 0 aliphatic carbocycles. The fourth-order valence-corrected chi connectivity index (χ4v) is 6.74. The predicted octanol–water partition coefficient (Wildman–Crippen LogP) is 3.65. The predicted molar refractivity (Wildman–Crippen MR) is 131 cm³/mol. The van der Waals surface area contributed by atoms with Crippen molar-refractivity contribution in [2.75, 3.05) is 40.1 Å². The highest BCUT2D eigenvalue weighted by Gasteiger charge is 2.34. The van der Waals surface area contributed by atoms with Gasteiger partial charge < -0.3 is 14.6 Å². The van der Waals surface area contributed by atoms with Crippen LogP contribution in [0, 0.1) is 5.41 Å². The molecule has 8 heteroatoms. The Morgan fingerprint density at radius 1 is 1.33 bits per heavy atom. The largest absolute Gasteiger partial charge is 0.396 e. The number of aromatic nitrogens is 3. The molecule has 0 saturated carbocycles. The molecule has 2 aromatic rings. The summed E-state index contributed by atoms with van der Waals surface area (Å²) in [6.07, 6.45) is 8.30. The molecule has 0 aromatic carbocycles. The van der Waals surface area contributed by atoms with Gasteiger partial charge in [-0.05, 0) is 63.1 Å². The van der Waals surface area contributed by atoms with Crippen LogP contribution in [0.1, 0.15) is 66.5 Å². The van der Waals surface area contributed by atoms with E-state index in [2.05, 4.69) is 41.3 Å². The van der Waals surface area contributed by atoms with E-state index in [1.165, 1.54) is 15.3 Å². The van der Waals surface area contributed by atoms with Crippen LogP contribution in [0.2, 0.25) is 0 Å². The van der Waals surface area contributed by atoms with E-state index in [1.54, 1.807) is 7.11 Å². The van der Waals surface area contributed by atoms with Gasteiger partial charge >= 0.3 is 0 Å². The number of aryl methyl sites for hydroxylation is 1. The molecule has 1 unspecified atom stereocenters. The molecule has 2 atom stereocenters. The van der Waals surface area contributed by atoms with Crippen LogP contribution in [-0.4, -0.2) is 71.1 Å². The van der Waals surface area contributed by atoms with E-state index in [-0.39, 0.29) is 12.0 Å². The van der Waals surface area contributed by atoms with Gasteiger partial charge in [0.15, 0.2) is 0 Å². The number of aliphatic hydroxyl groups is 1. The van der Waals surface area contributed by atoms with Gasteiger partial charge in [-0.25, -0.2) is 0 Å². The normalized spacial score (nSPS) is 23.8. The fraction of sp³-hybridized carbons (Fsp3) is 0.760. The maximum atomic E-state index is 9.50. The number of likely N-dealkylation sites (tertiary alicyclic amines) is 1. The Hall–Kier alpha value is -1.32. The number of aliphatic hydroxyl groups excluding tert-OH is 1. The van der Waals surface area contributed by atoms with E-state index in [0.29, 0.717) is 12.0 Å². The molecule has 2 aliphatic heterocycles. The second-order valence-corrected chi connectivity index (χ2v) is 11.1. The molecule has 2 aliphatic rings. The highest BCUT2D eigenvalue weighted by molar-refractivity contribution is 7.12.